The molecule has 2 N–H and O–H groups in total. The van der Waals surface area contributed by atoms with Crippen LogP contribution < -0.4 is 4.90 Å². The Morgan fingerprint density at radius 3 is 3.06 bits per heavy atom. The average Bonchev–Trinajstić information content (AvgIpc) is 2.39. The van der Waals surface area contributed by atoms with E-state index in [4.69, 9.17) is 14.9 Å². The molecule has 0 aliphatic carbocycles. The maximum absolute atomic E-state index is 9.04. The topological polar surface area (TPSA) is 65.8 Å². The zero-order valence-corrected chi connectivity index (χ0v) is 9.04. The molecule has 0 amide bonds. The van der Waals surface area contributed by atoms with Crippen LogP contribution in [0, 0.1) is 0 Å². The first-order chi connectivity index (χ1) is 7.83. The monoisotopic (exact) mass is 224 g/mol. The Balaban J connectivity index is 2.10. The third kappa shape index (κ3) is 2.49. The molecule has 1 fully saturated rings. The van der Waals surface area contributed by atoms with Gasteiger partial charge in [0.2, 0.25) is 0 Å². The van der Waals surface area contributed by atoms with Crippen LogP contribution in [-0.4, -0.2) is 47.6 Å². The van der Waals surface area contributed by atoms with E-state index in [1.165, 1.54) is 0 Å². The van der Waals surface area contributed by atoms with E-state index in [1.54, 1.807) is 6.07 Å². The van der Waals surface area contributed by atoms with Gasteiger partial charge in [-0.2, -0.15) is 0 Å². The molecule has 0 spiro atoms. The minimum Gasteiger partial charge on any atom is -0.394 e. The first-order valence-electron chi connectivity index (χ1n) is 5.37. The lowest BCUT2D eigenvalue weighted by molar-refractivity contribution is 0.00334. The molecule has 1 saturated heterocycles. The number of morpholine rings is 1. The third-order valence-corrected chi connectivity index (χ3v) is 2.62. The number of aliphatic hydroxyl groups excluding tert-OH is 2. The fourth-order valence-electron chi connectivity index (χ4n) is 1.77. The molecule has 1 aromatic heterocycles. The quantitative estimate of drug-likeness (QED) is 0.742. The van der Waals surface area contributed by atoms with Crippen molar-refractivity contribution in [3.05, 3.63) is 23.9 Å². The van der Waals surface area contributed by atoms with Crippen LogP contribution in [0.4, 0.5) is 5.82 Å². The molecule has 16 heavy (non-hydrogen) atoms. The zero-order chi connectivity index (χ0) is 11.4. The molecule has 2 rings (SSSR count). The van der Waals surface area contributed by atoms with Crippen molar-refractivity contribution in [3.8, 4) is 0 Å². The first-order valence-corrected chi connectivity index (χ1v) is 5.37. The summed E-state index contributed by atoms with van der Waals surface area (Å²) in [5.41, 5.74) is 0.657. The summed E-state index contributed by atoms with van der Waals surface area (Å²) in [6, 6.07) is 5.56. The highest BCUT2D eigenvalue weighted by Crippen LogP contribution is 2.15. The van der Waals surface area contributed by atoms with E-state index >= 15 is 0 Å². The second-order valence-electron chi connectivity index (χ2n) is 3.77. The lowest BCUT2D eigenvalue weighted by atomic mass is 10.2. The molecular formula is C11H16N2O3. The lowest BCUT2D eigenvalue weighted by Crippen LogP contribution is -2.44. The summed E-state index contributed by atoms with van der Waals surface area (Å²) in [6.07, 6.45) is -0.145. The van der Waals surface area contributed by atoms with E-state index in [0.717, 1.165) is 12.4 Å². The smallest absolute Gasteiger partial charge is 0.129 e. The van der Waals surface area contributed by atoms with E-state index in [0.29, 0.717) is 18.8 Å². The van der Waals surface area contributed by atoms with Gasteiger partial charge >= 0.3 is 0 Å². The van der Waals surface area contributed by atoms with Gasteiger partial charge < -0.3 is 19.8 Å². The molecule has 0 radical (unpaired) electrons. The second-order valence-corrected chi connectivity index (χ2v) is 3.77. The van der Waals surface area contributed by atoms with Crippen LogP contribution in [0.3, 0.4) is 0 Å². The fourth-order valence-corrected chi connectivity index (χ4v) is 1.77. The summed E-state index contributed by atoms with van der Waals surface area (Å²) in [5, 5.41) is 18.1. The molecule has 5 nitrogen and oxygen atoms in total. The Bertz CT molecular complexity index is 346. The van der Waals surface area contributed by atoms with Gasteiger partial charge in [0, 0.05) is 13.1 Å². The maximum Gasteiger partial charge on any atom is 0.129 e. The highest BCUT2D eigenvalue weighted by molar-refractivity contribution is 5.39. The largest absolute Gasteiger partial charge is 0.394 e. The van der Waals surface area contributed by atoms with Gasteiger partial charge in [0.15, 0.2) is 0 Å². The van der Waals surface area contributed by atoms with Crippen molar-refractivity contribution in [1.82, 2.24) is 4.98 Å². The highest BCUT2D eigenvalue weighted by Gasteiger charge is 2.20. The third-order valence-electron chi connectivity index (χ3n) is 2.62. The van der Waals surface area contributed by atoms with Crippen LogP contribution in [-0.2, 0) is 11.3 Å². The standard InChI is InChI=1S/C11H16N2O3/c14-7-9-2-1-3-11(12-9)13-4-5-16-10(6-13)8-15/h1-3,10,14-15H,4-8H2. The molecule has 2 heterocycles. The van der Waals surface area contributed by atoms with Crippen LogP contribution in [0.2, 0.25) is 0 Å². The molecule has 88 valence electrons. The Labute approximate surface area is 94.3 Å². The number of anilines is 1. The second kappa shape index (κ2) is 5.25. The SMILES string of the molecule is OCc1cccc(N2CCOC(CO)C2)n1. The van der Waals surface area contributed by atoms with Gasteiger partial charge in [-0.3, -0.25) is 0 Å². The molecule has 0 aromatic carbocycles. The van der Waals surface area contributed by atoms with E-state index in [9.17, 15) is 0 Å². The van der Waals surface area contributed by atoms with Crippen molar-refractivity contribution in [2.24, 2.45) is 0 Å². The lowest BCUT2D eigenvalue weighted by Gasteiger charge is -2.33. The summed E-state index contributed by atoms with van der Waals surface area (Å²) in [7, 11) is 0. The van der Waals surface area contributed by atoms with E-state index in [-0.39, 0.29) is 19.3 Å². The molecule has 0 saturated carbocycles. The van der Waals surface area contributed by atoms with Gasteiger partial charge in [-0.25, -0.2) is 4.98 Å². The van der Waals surface area contributed by atoms with Gasteiger partial charge in [-0.15, -0.1) is 0 Å². The first kappa shape index (κ1) is 11.3. The van der Waals surface area contributed by atoms with Crippen LogP contribution in [0.1, 0.15) is 5.69 Å². The molecular weight excluding hydrogens is 208 g/mol. The Kier molecular flexibility index (Phi) is 3.71. The van der Waals surface area contributed by atoms with Gasteiger partial charge in [0.05, 0.1) is 31.6 Å². The number of hydrogen-bond acceptors (Lipinski definition) is 5. The zero-order valence-electron chi connectivity index (χ0n) is 9.04. The van der Waals surface area contributed by atoms with Crippen LogP contribution >= 0.6 is 0 Å². The normalized spacial score (nSPS) is 21.1. The molecule has 1 unspecified atom stereocenters. The van der Waals surface area contributed by atoms with Crippen LogP contribution in [0.25, 0.3) is 0 Å². The maximum atomic E-state index is 9.04. The molecule has 1 aromatic rings. The van der Waals surface area contributed by atoms with Gasteiger partial charge in [-0.1, -0.05) is 6.07 Å². The van der Waals surface area contributed by atoms with Crippen molar-refractivity contribution >= 4 is 5.82 Å². The minimum absolute atomic E-state index is 0.0240. The van der Waals surface area contributed by atoms with Gasteiger partial charge in [0.1, 0.15) is 5.82 Å². The molecule has 1 atom stereocenters. The van der Waals surface area contributed by atoms with Crippen molar-refractivity contribution in [2.45, 2.75) is 12.7 Å². The van der Waals surface area contributed by atoms with Crippen LogP contribution in [0.15, 0.2) is 18.2 Å². The fraction of sp³-hybridized carbons (Fsp3) is 0.545. The summed E-state index contributed by atoms with van der Waals surface area (Å²) in [4.78, 5) is 6.38. The summed E-state index contributed by atoms with van der Waals surface area (Å²) in [5.74, 6) is 0.827. The number of rotatable bonds is 3. The number of aromatic nitrogens is 1. The molecule has 1 aliphatic heterocycles. The number of nitrogens with zero attached hydrogens (tertiary/aromatic N) is 2. The van der Waals surface area contributed by atoms with E-state index in [2.05, 4.69) is 9.88 Å². The highest BCUT2D eigenvalue weighted by atomic mass is 16.5. The number of ether oxygens (including phenoxy) is 1. The summed E-state index contributed by atoms with van der Waals surface area (Å²) < 4.78 is 5.37. The molecule has 5 heteroatoms. The summed E-state index contributed by atoms with van der Waals surface area (Å²) >= 11 is 0. The molecule has 1 aliphatic rings. The predicted octanol–water partition coefficient (Wildman–Crippen LogP) is -0.229. The van der Waals surface area contributed by atoms with Gasteiger partial charge in [-0.05, 0) is 12.1 Å². The number of hydrogen-bond donors (Lipinski definition) is 2. The number of aliphatic hydroxyl groups is 2. The van der Waals surface area contributed by atoms with Crippen molar-refractivity contribution in [2.75, 3.05) is 31.2 Å². The van der Waals surface area contributed by atoms with Crippen molar-refractivity contribution < 1.29 is 14.9 Å². The molecule has 0 bridgehead atoms. The van der Waals surface area contributed by atoms with Crippen molar-refractivity contribution in [1.29, 1.82) is 0 Å². The summed E-state index contributed by atoms with van der Waals surface area (Å²) in [6.45, 7) is 1.96. The predicted molar refractivity (Wildman–Crippen MR) is 59.2 cm³/mol. The minimum atomic E-state index is -0.145. The van der Waals surface area contributed by atoms with E-state index in [1.807, 2.05) is 12.1 Å². The Morgan fingerprint density at radius 1 is 1.44 bits per heavy atom. The van der Waals surface area contributed by atoms with Crippen LogP contribution in [0.5, 0.6) is 0 Å². The van der Waals surface area contributed by atoms with E-state index < -0.39 is 0 Å². The Hall–Kier alpha value is -1.17. The van der Waals surface area contributed by atoms with Gasteiger partial charge in [0.25, 0.3) is 0 Å². The Morgan fingerprint density at radius 2 is 2.31 bits per heavy atom. The average molecular weight is 224 g/mol. The number of pyridine rings is 1. The van der Waals surface area contributed by atoms with Crippen molar-refractivity contribution in [3.63, 3.8) is 0 Å².